The normalized spacial score (nSPS) is 18.0. The van der Waals surface area contributed by atoms with Crippen molar-refractivity contribution in [2.75, 3.05) is 13.2 Å². The van der Waals surface area contributed by atoms with Crippen LogP contribution in [0.2, 0.25) is 15.8 Å². The number of ether oxygens (including phenoxy) is 2. The first-order valence-electron chi connectivity index (χ1n) is 6.31. The molecule has 1 rings (SSSR count). The van der Waals surface area contributed by atoms with Crippen LogP contribution in [0.1, 0.15) is 27.7 Å². The van der Waals surface area contributed by atoms with Crippen molar-refractivity contribution in [1.82, 2.24) is 0 Å². The molecule has 0 aliphatic carbocycles. The third-order valence-electron chi connectivity index (χ3n) is 2.83. The molecule has 1 fully saturated rings. The molecule has 0 bridgehead atoms. The van der Waals surface area contributed by atoms with Crippen LogP contribution in [0.15, 0.2) is 0 Å². The molecule has 0 N–H and O–H groups in total. The zero-order chi connectivity index (χ0) is 11.3. The Morgan fingerprint density at radius 2 is 1.47 bits per heavy atom. The lowest BCUT2D eigenvalue weighted by atomic mass is 10.3. The molecule has 88 valence electrons. The zero-order valence-corrected chi connectivity index (χ0v) is 11.8. The highest BCUT2D eigenvalue weighted by Gasteiger charge is 2.27. The largest absolute Gasteiger partial charge is 0.352 e. The fourth-order valence-electron chi connectivity index (χ4n) is 2.44. The van der Waals surface area contributed by atoms with Crippen molar-refractivity contribution >= 4 is 14.1 Å². The van der Waals surface area contributed by atoms with Gasteiger partial charge in [-0.2, -0.15) is 0 Å². The standard InChI is InChI=1S/C4H7O2.2C4H9.Al/c1-4-5-2-3-6-4;2*1-4(2)3;/h4H,1-3H2;2*4H,1H2,2-3H3;. The van der Waals surface area contributed by atoms with E-state index in [0.717, 1.165) is 25.0 Å². The molecule has 15 heavy (non-hydrogen) atoms. The first-order valence-corrected chi connectivity index (χ1v) is 8.76. The minimum atomic E-state index is -0.653. The lowest BCUT2D eigenvalue weighted by molar-refractivity contribution is -0.0260. The highest BCUT2D eigenvalue weighted by molar-refractivity contribution is 6.59. The molecule has 0 unspecified atom stereocenters. The van der Waals surface area contributed by atoms with E-state index in [0.29, 0.717) is 0 Å². The average molecular weight is 228 g/mol. The summed E-state index contributed by atoms with van der Waals surface area (Å²) in [6.07, 6.45) is 0.138. The van der Waals surface area contributed by atoms with Crippen LogP contribution < -0.4 is 0 Å². The molecule has 0 aromatic heterocycles. The van der Waals surface area contributed by atoms with E-state index in [1.807, 2.05) is 0 Å². The average Bonchev–Trinajstić information content (AvgIpc) is 2.53. The van der Waals surface area contributed by atoms with Gasteiger partial charge in [0.2, 0.25) is 0 Å². The van der Waals surface area contributed by atoms with Gasteiger partial charge in [0.25, 0.3) is 14.1 Å². The Kier molecular flexibility index (Phi) is 6.23. The summed E-state index contributed by atoms with van der Waals surface area (Å²) in [5.74, 6) is 1.67. The summed E-state index contributed by atoms with van der Waals surface area (Å²) in [5.41, 5.74) is 0. The summed E-state index contributed by atoms with van der Waals surface area (Å²) in [6.45, 7) is 10.9. The molecule has 1 heterocycles. The summed E-state index contributed by atoms with van der Waals surface area (Å²) in [7, 11) is 0. The molecule has 0 atom stereocenters. The summed E-state index contributed by atoms with van der Waals surface area (Å²) in [6, 6.07) is 0. The highest BCUT2D eigenvalue weighted by atomic mass is 27.2. The van der Waals surface area contributed by atoms with Crippen molar-refractivity contribution in [2.24, 2.45) is 11.8 Å². The van der Waals surface area contributed by atoms with Crippen molar-refractivity contribution in [3.63, 3.8) is 0 Å². The second-order valence-corrected chi connectivity index (χ2v) is 8.68. The maximum atomic E-state index is 5.56. The van der Waals surface area contributed by atoms with E-state index in [1.165, 1.54) is 15.8 Å². The van der Waals surface area contributed by atoms with E-state index < -0.39 is 14.1 Å². The Morgan fingerprint density at radius 1 is 1.00 bits per heavy atom. The quantitative estimate of drug-likeness (QED) is 0.650. The third-order valence-corrected chi connectivity index (χ3v) is 7.10. The molecule has 0 radical (unpaired) electrons. The molecule has 0 spiro atoms. The van der Waals surface area contributed by atoms with Gasteiger partial charge in [-0.3, -0.25) is 0 Å². The fraction of sp³-hybridized carbons (Fsp3) is 1.00. The Balaban J connectivity index is 2.32. The second kappa shape index (κ2) is 6.91. The van der Waals surface area contributed by atoms with Gasteiger partial charge in [-0.1, -0.05) is 50.1 Å². The van der Waals surface area contributed by atoms with Crippen LogP contribution in [0, 0.1) is 11.8 Å². The topological polar surface area (TPSA) is 18.5 Å². The lowest BCUT2D eigenvalue weighted by Crippen LogP contribution is -2.24. The van der Waals surface area contributed by atoms with Crippen molar-refractivity contribution in [3.8, 4) is 0 Å². The molecular formula is C12H25AlO2. The van der Waals surface area contributed by atoms with Crippen molar-refractivity contribution in [2.45, 2.75) is 49.8 Å². The lowest BCUT2D eigenvalue weighted by Gasteiger charge is -2.19. The van der Waals surface area contributed by atoms with E-state index in [9.17, 15) is 0 Å². The molecule has 0 aromatic rings. The molecule has 1 aliphatic heterocycles. The predicted octanol–water partition coefficient (Wildman–Crippen LogP) is 3.17. The van der Waals surface area contributed by atoms with Crippen molar-refractivity contribution < 1.29 is 9.47 Å². The molecule has 3 heteroatoms. The van der Waals surface area contributed by atoms with Gasteiger partial charge in [-0.05, 0) is 5.28 Å². The van der Waals surface area contributed by atoms with Crippen molar-refractivity contribution in [3.05, 3.63) is 0 Å². The minimum absolute atomic E-state index is 0.138. The Morgan fingerprint density at radius 3 is 1.87 bits per heavy atom. The van der Waals surface area contributed by atoms with E-state index in [4.69, 9.17) is 9.47 Å². The van der Waals surface area contributed by atoms with E-state index in [-0.39, 0.29) is 6.29 Å². The zero-order valence-electron chi connectivity index (χ0n) is 10.7. The highest BCUT2D eigenvalue weighted by Crippen LogP contribution is 2.22. The number of rotatable bonds is 6. The molecular weight excluding hydrogens is 203 g/mol. The molecule has 0 saturated carbocycles. The van der Waals surface area contributed by atoms with Crippen LogP contribution in [0.25, 0.3) is 0 Å². The first-order chi connectivity index (χ1) is 7.08. The number of hydrogen-bond acceptors (Lipinski definition) is 2. The summed E-state index contributed by atoms with van der Waals surface area (Å²) in [4.78, 5) is 0. The number of hydrogen-bond donors (Lipinski definition) is 0. The van der Waals surface area contributed by atoms with E-state index in [2.05, 4.69) is 27.7 Å². The Labute approximate surface area is 98.7 Å². The molecule has 2 nitrogen and oxygen atoms in total. The van der Waals surface area contributed by atoms with Crippen LogP contribution in [-0.2, 0) is 9.47 Å². The summed E-state index contributed by atoms with van der Waals surface area (Å²) in [5, 5.41) is 4.08. The van der Waals surface area contributed by atoms with Crippen LogP contribution in [-0.4, -0.2) is 33.7 Å². The van der Waals surface area contributed by atoms with Gasteiger partial charge in [0.05, 0.1) is 13.2 Å². The van der Waals surface area contributed by atoms with Crippen LogP contribution in [0.5, 0.6) is 0 Å². The monoisotopic (exact) mass is 228 g/mol. The summed E-state index contributed by atoms with van der Waals surface area (Å²) < 4.78 is 11.1. The Hall–Kier alpha value is 0.452. The SMILES string of the molecule is CC(C)[CH2][Al]([CH2]C(C)C)[CH2]C1OCCO1. The molecule has 0 aromatic carbocycles. The molecule has 1 aliphatic rings. The first kappa shape index (κ1) is 13.5. The minimum Gasteiger partial charge on any atom is -0.352 e. The third kappa shape index (κ3) is 5.92. The van der Waals surface area contributed by atoms with Gasteiger partial charge in [0, 0.05) is 0 Å². The summed E-state index contributed by atoms with van der Waals surface area (Å²) >= 11 is -0.653. The van der Waals surface area contributed by atoms with Gasteiger partial charge in [-0.15, -0.1) is 0 Å². The fourth-order valence-corrected chi connectivity index (χ4v) is 6.50. The van der Waals surface area contributed by atoms with E-state index >= 15 is 0 Å². The predicted molar refractivity (Wildman–Crippen MR) is 65.5 cm³/mol. The van der Waals surface area contributed by atoms with E-state index in [1.54, 1.807) is 0 Å². The van der Waals surface area contributed by atoms with Gasteiger partial charge >= 0.3 is 0 Å². The Bertz CT molecular complexity index is 155. The van der Waals surface area contributed by atoms with Gasteiger partial charge < -0.3 is 9.47 Å². The van der Waals surface area contributed by atoms with Crippen molar-refractivity contribution in [1.29, 1.82) is 0 Å². The van der Waals surface area contributed by atoms with Crippen LogP contribution in [0.4, 0.5) is 0 Å². The molecule has 1 saturated heterocycles. The molecule has 0 amide bonds. The maximum absolute atomic E-state index is 5.56. The van der Waals surface area contributed by atoms with Crippen LogP contribution >= 0.6 is 0 Å². The van der Waals surface area contributed by atoms with Gasteiger partial charge in [-0.25, -0.2) is 0 Å². The van der Waals surface area contributed by atoms with Gasteiger partial charge in [0.15, 0.2) is 0 Å². The second-order valence-electron chi connectivity index (χ2n) is 5.53. The smallest absolute Gasteiger partial charge is 0.269 e. The van der Waals surface area contributed by atoms with Crippen LogP contribution in [0.3, 0.4) is 0 Å². The van der Waals surface area contributed by atoms with Gasteiger partial charge in [0.1, 0.15) is 6.29 Å². The maximum Gasteiger partial charge on any atom is 0.269 e.